The normalized spacial score (nSPS) is 11.8. The van der Waals surface area contributed by atoms with Gasteiger partial charge in [0.1, 0.15) is 10.8 Å². The van der Waals surface area contributed by atoms with Gasteiger partial charge in [-0.25, -0.2) is 4.98 Å². The first kappa shape index (κ1) is 23.8. The Morgan fingerprint density at radius 3 is 2.67 bits per heavy atom. The van der Waals surface area contributed by atoms with E-state index in [2.05, 4.69) is 10.3 Å². The molecule has 0 atom stereocenters. The van der Waals surface area contributed by atoms with E-state index in [1.165, 1.54) is 11.8 Å². The van der Waals surface area contributed by atoms with E-state index in [0.29, 0.717) is 51.5 Å². The molecule has 2 aromatic carbocycles. The van der Waals surface area contributed by atoms with Crippen LogP contribution in [0.25, 0.3) is 11.4 Å². The molecule has 0 radical (unpaired) electrons. The second-order valence-corrected chi connectivity index (χ2v) is 9.12. The lowest BCUT2D eigenvalue weighted by Gasteiger charge is -2.24. The molecular weight excluding hydrogens is 476 g/mol. The molecule has 0 saturated carbocycles. The molecule has 1 aliphatic heterocycles. The number of nitrogens with zero attached hydrogens (tertiary/aromatic N) is 3. The Bertz CT molecular complexity index is 1430. The SMILES string of the molecule is COc1ccccc1-c1nc2c(c(SCC(=O)Nc3ccccc3)n1)Cc1c(CO)cnc(C)c1O2. The number of methoxy groups -OCH3 is 1. The summed E-state index contributed by atoms with van der Waals surface area (Å²) in [4.78, 5) is 26.6. The zero-order valence-electron chi connectivity index (χ0n) is 19.8. The highest BCUT2D eigenvalue weighted by Gasteiger charge is 2.28. The van der Waals surface area contributed by atoms with Gasteiger partial charge < -0.3 is 19.9 Å². The van der Waals surface area contributed by atoms with Gasteiger partial charge in [0.05, 0.1) is 36.3 Å². The Labute approximate surface area is 212 Å². The van der Waals surface area contributed by atoms with Gasteiger partial charge in [0.25, 0.3) is 0 Å². The molecular formula is C27H24N4O4S. The Hall–Kier alpha value is -3.95. The van der Waals surface area contributed by atoms with E-state index in [0.717, 1.165) is 16.8 Å². The summed E-state index contributed by atoms with van der Waals surface area (Å²) in [5.74, 6) is 2.07. The smallest absolute Gasteiger partial charge is 0.234 e. The molecule has 0 spiro atoms. The second-order valence-electron chi connectivity index (χ2n) is 8.15. The third kappa shape index (κ3) is 4.75. The predicted molar refractivity (Wildman–Crippen MR) is 138 cm³/mol. The minimum Gasteiger partial charge on any atom is -0.496 e. The highest BCUT2D eigenvalue weighted by Crippen LogP contribution is 2.43. The molecule has 0 fully saturated rings. The maximum atomic E-state index is 12.7. The number of aliphatic hydroxyl groups is 1. The number of para-hydroxylation sites is 2. The van der Waals surface area contributed by atoms with Crippen molar-refractivity contribution in [3.63, 3.8) is 0 Å². The van der Waals surface area contributed by atoms with Crippen LogP contribution in [0.2, 0.25) is 0 Å². The van der Waals surface area contributed by atoms with E-state index in [4.69, 9.17) is 19.4 Å². The van der Waals surface area contributed by atoms with Gasteiger partial charge in [-0.2, -0.15) is 4.98 Å². The van der Waals surface area contributed by atoms with Gasteiger partial charge in [-0.05, 0) is 31.2 Å². The number of rotatable bonds is 7. The minimum absolute atomic E-state index is 0.148. The van der Waals surface area contributed by atoms with Gasteiger partial charge >= 0.3 is 0 Å². The lowest BCUT2D eigenvalue weighted by Crippen LogP contribution is -2.16. The largest absolute Gasteiger partial charge is 0.496 e. The molecule has 0 bridgehead atoms. The summed E-state index contributed by atoms with van der Waals surface area (Å²) in [6, 6.07) is 16.8. The molecule has 2 aromatic heterocycles. The average Bonchev–Trinajstić information content (AvgIpc) is 2.91. The summed E-state index contributed by atoms with van der Waals surface area (Å²) >= 11 is 1.31. The minimum atomic E-state index is -0.156. The van der Waals surface area contributed by atoms with Crippen LogP contribution in [-0.4, -0.2) is 38.8 Å². The van der Waals surface area contributed by atoms with Crippen molar-refractivity contribution in [3.8, 4) is 28.8 Å². The van der Waals surface area contributed by atoms with Crippen LogP contribution in [0.5, 0.6) is 17.4 Å². The fourth-order valence-electron chi connectivity index (χ4n) is 4.02. The van der Waals surface area contributed by atoms with Crippen molar-refractivity contribution in [1.29, 1.82) is 0 Å². The number of pyridine rings is 1. The van der Waals surface area contributed by atoms with Gasteiger partial charge in [-0.15, -0.1) is 0 Å². The summed E-state index contributed by atoms with van der Waals surface area (Å²) in [5, 5.41) is 13.4. The van der Waals surface area contributed by atoms with Crippen LogP contribution in [0.4, 0.5) is 5.69 Å². The van der Waals surface area contributed by atoms with Crippen molar-refractivity contribution in [2.24, 2.45) is 0 Å². The van der Waals surface area contributed by atoms with Gasteiger partial charge in [0.2, 0.25) is 11.8 Å². The lowest BCUT2D eigenvalue weighted by molar-refractivity contribution is -0.113. The maximum absolute atomic E-state index is 12.7. The van der Waals surface area contributed by atoms with Crippen molar-refractivity contribution in [3.05, 3.63) is 83.2 Å². The van der Waals surface area contributed by atoms with Crippen LogP contribution >= 0.6 is 11.8 Å². The molecule has 0 aliphatic carbocycles. The summed E-state index contributed by atoms with van der Waals surface area (Å²) < 4.78 is 11.8. The van der Waals surface area contributed by atoms with Crippen molar-refractivity contribution in [2.45, 2.75) is 25.0 Å². The monoisotopic (exact) mass is 500 g/mol. The number of fused-ring (bicyclic) bond motifs is 2. The third-order valence-electron chi connectivity index (χ3n) is 5.80. The maximum Gasteiger partial charge on any atom is 0.234 e. The number of nitrogens with one attached hydrogen (secondary N) is 1. The number of carbonyl (C=O) groups is 1. The average molecular weight is 501 g/mol. The van der Waals surface area contributed by atoms with Crippen LogP contribution in [0.1, 0.15) is 22.4 Å². The molecule has 4 aromatic rings. The first-order chi connectivity index (χ1) is 17.6. The number of aromatic nitrogens is 3. The van der Waals surface area contributed by atoms with Crippen LogP contribution < -0.4 is 14.8 Å². The molecule has 1 amide bonds. The first-order valence-corrected chi connectivity index (χ1v) is 12.3. The number of hydrogen-bond donors (Lipinski definition) is 2. The van der Waals surface area contributed by atoms with E-state index < -0.39 is 0 Å². The molecule has 8 nitrogen and oxygen atoms in total. The molecule has 9 heteroatoms. The van der Waals surface area contributed by atoms with Crippen LogP contribution in [0.3, 0.4) is 0 Å². The zero-order valence-corrected chi connectivity index (χ0v) is 20.6. The molecule has 2 N–H and O–H groups in total. The van der Waals surface area contributed by atoms with E-state index in [1.807, 2.05) is 61.5 Å². The Morgan fingerprint density at radius 2 is 1.89 bits per heavy atom. The summed E-state index contributed by atoms with van der Waals surface area (Å²) in [6.45, 7) is 1.70. The molecule has 182 valence electrons. The van der Waals surface area contributed by atoms with Gasteiger partial charge in [0, 0.05) is 29.4 Å². The zero-order chi connectivity index (χ0) is 25.1. The fourth-order valence-corrected chi connectivity index (χ4v) is 4.84. The number of aliphatic hydroxyl groups excluding tert-OH is 1. The Balaban J connectivity index is 1.53. The van der Waals surface area contributed by atoms with Gasteiger partial charge in [-0.1, -0.05) is 42.1 Å². The van der Waals surface area contributed by atoms with Crippen molar-refractivity contribution < 1.29 is 19.4 Å². The molecule has 5 rings (SSSR count). The van der Waals surface area contributed by atoms with Crippen molar-refractivity contribution in [1.82, 2.24) is 15.0 Å². The number of amides is 1. The highest BCUT2D eigenvalue weighted by atomic mass is 32.2. The number of aryl methyl sites for hydroxylation is 1. The molecule has 1 aliphatic rings. The number of thioether (sulfide) groups is 1. The quantitative estimate of drug-likeness (QED) is 0.243. The summed E-state index contributed by atoms with van der Waals surface area (Å²) in [7, 11) is 1.60. The van der Waals surface area contributed by atoms with Crippen molar-refractivity contribution in [2.75, 3.05) is 18.2 Å². The molecule has 0 unspecified atom stereocenters. The fraction of sp³-hybridized carbons (Fsp3) is 0.185. The molecule has 36 heavy (non-hydrogen) atoms. The third-order valence-corrected chi connectivity index (χ3v) is 6.82. The topological polar surface area (TPSA) is 106 Å². The highest BCUT2D eigenvalue weighted by molar-refractivity contribution is 8.00. The Morgan fingerprint density at radius 1 is 1.11 bits per heavy atom. The van der Waals surface area contributed by atoms with Gasteiger partial charge in [-0.3, -0.25) is 9.78 Å². The molecule has 3 heterocycles. The van der Waals surface area contributed by atoms with Crippen molar-refractivity contribution >= 4 is 23.4 Å². The van der Waals surface area contributed by atoms with E-state index in [-0.39, 0.29) is 18.3 Å². The first-order valence-electron chi connectivity index (χ1n) is 11.4. The van der Waals surface area contributed by atoms with Crippen LogP contribution in [0.15, 0.2) is 65.8 Å². The number of carbonyl (C=O) groups excluding carboxylic acids is 1. The van der Waals surface area contributed by atoms with E-state index in [9.17, 15) is 9.90 Å². The summed E-state index contributed by atoms with van der Waals surface area (Å²) in [6.07, 6.45) is 2.12. The standard InChI is InChI=1S/C27H24N4O4S/c1-16-24-20(17(14-32)13-28-16)12-21-26(35-24)30-25(19-10-6-7-11-22(19)34-2)31-27(21)36-15-23(33)29-18-8-4-3-5-9-18/h3-11,13,32H,12,14-15H2,1-2H3,(H,29,33). The number of ether oxygens (including phenoxy) is 2. The lowest BCUT2D eigenvalue weighted by atomic mass is 9.99. The molecule has 0 saturated heterocycles. The number of anilines is 1. The number of benzene rings is 2. The number of hydrogen-bond acceptors (Lipinski definition) is 8. The van der Waals surface area contributed by atoms with Crippen LogP contribution in [-0.2, 0) is 17.8 Å². The van der Waals surface area contributed by atoms with E-state index >= 15 is 0 Å². The predicted octanol–water partition coefficient (Wildman–Crippen LogP) is 4.78. The summed E-state index contributed by atoms with van der Waals surface area (Å²) in [5.41, 5.74) is 4.46. The van der Waals surface area contributed by atoms with Gasteiger partial charge in [0.15, 0.2) is 11.6 Å². The Kier molecular flexibility index (Phi) is 6.84. The van der Waals surface area contributed by atoms with E-state index in [1.54, 1.807) is 13.3 Å². The second kappa shape index (κ2) is 10.3. The van der Waals surface area contributed by atoms with Crippen LogP contribution in [0, 0.1) is 6.92 Å².